The van der Waals surface area contributed by atoms with Crippen molar-refractivity contribution in [2.75, 3.05) is 51.3 Å². The van der Waals surface area contributed by atoms with Gasteiger partial charge in [0.1, 0.15) is 17.8 Å². The monoisotopic (exact) mass is 722 g/mol. The van der Waals surface area contributed by atoms with Crippen LogP contribution >= 0.6 is 0 Å². The number of sulfonamides is 1. The van der Waals surface area contributed by atoms with Crippen LogP contribution in [0.3, 0.4) is 0 Å². The molecule has 1 aromatic carbocycles. The van der Waals surface area contributed by atoms with Crippen LogP contribution in [0.15, 0.2) is 46.0 Å². The first-order valence-corrected chi connectivity index (χ1v) is 17.7. The highest BCUT2D eigenvalue weighted by atomic mass is 32.2. The quantitative estimate of drug-likeness (QED) is 0.320. The van der Waals surface area contributed by atoms with Gasteiger partial charge < -0.3 is 24.1 Å². The van der Waals surface area contributed by atoms with Gasteiger partial charge in [-0.1, -0.05) is 6.07 Å². The van der Waals surface area contributed by atoms with Crippen molar-refractivity contribution in [3.8, 4) is 5.75 Å². The van der Waals surface area contributed by atoms with E-state index in [1.54, 1.807) is 38.0 Å². The zero-order chi connectivity index (χ0) is 36.2. The van der Waals surface area contributed by atoms with E-state index < -0.39 is 22.2 Å². The molecule has 3 aliphatic rings. The van der Waals surface area contributed by atoms with Crippen LogP contribution in [0.2, 0.25) is 0 Å². The number of benzene rings is 1. The number of halogens is 3. The average molecular weight is 723 g/mol. The molecule has 3 aromatic rings. The number of methoxy groups -OCH3 is 1. The number of carbonyl (C=O) groups excluding carboxylic acids is 1. The Morgan fingerprint density at radius 3 is 2.18 bits per heavy atom. The molecular weight excluding hydrogens is 681 g/mol. The lowest BCUT2D eigenvalue weighted by Gasteiger charge is -2.34. The molecule has 17 heteroatoms. The Balaban J connectivity index is 0.000000630. The van der Waals surface area contributed by atoms with Crippen LogP contribution in [0.1, 0.15) is 58.8 Å². The van der Waals surface area contributed by atoms with Gasteiger partial charge in [-0.15, -0.1) is 0 Å². The van der Waals surface area contributed by atoms with E-state index in [2.05, 4.69) is 31.9 Å². The van der Waals surface area contributed by atoms with E-state index in [0.717, 1.165) is 51.4 Å². The van der Waals surface area contributed by atoms with Gasteiger partial charge >= 0.3 is 12.1 Å². The van der Waals surface area contributed by atoms with Crippen LogP contribution in [0.25, 0.3) is 0 Å². The minimum absolute atomic E-state index is 0.0243. The number of carboxylic acids is 1. The maximum atomic E-state index is 13.8. The van der Waals surface area contributed by atoms with E-state index in [9.17, 15) is 26.4 Å². The topological polar surface area (TPSA) is 150 Å². The number of carboxylic acid groups (broad SMARTS) is 1. The number of alkyl halides is 3. The number of hydrogen-bond acceptors (Lipinski definition) is 10. The largest absolute Gasteiger partial charge is 0.497 e. The number of anilines is 1. The first-order chi connectivity index (χ1) is 23.7. The molecule has 0 unspecified atom stereocenters. The molecule has 1 N–H and O–H groups in total. The van der Waals surface area contributed by atoms with E-state index >= 15 is 0 Å². The van der Waals surface area contributed by atoms with Gasteiger partial charge in [-0.2, -0.15) is 17.5 Å². The van der Waals surface area contributed by atoms with Crippen molar-refractivity contribution >= 4 is 27.7 Å². The number of pyridine rings is 1. The molecule has 50 heavy (non-hydrogen) atoms. The number of aliphatic carboxylic acids is 1. The van der Waals surface area contributed by atoms with Crippen LogP contribution in [0.5, 0.6) is 5.75 Å². The molecule has 2 aromatic heterocycles. The molecule has 0 spiro atoms. The Morgan fingerprint density at radius 1 is 1.04 bits per heavy atom. The van der Waals surface area contributed by atoms with Crippen molar-refractivity contribution in [2.45, 2.75) is 69.7 Å². The second-order valence-corrected chi connectivity index (χ2v) is 14.4. The lowest BCUT2D eigenvalue weighted by Crippen LogP contribution is -2.48. The van der Waals surface area contributed by atoms with Gasteiger partial charge in [-0.25, -0.2) is 23.2 Å². The minimum Gasteiger partial charge on any atom is -0.497 e. The molecule has 13 nitrogen and oxygen atoms in total. The summed E-state index contributed by atoms with van der Waals surface area (Å²) in [5, 5.41) is 7.12. The summed E-state index contributed by atoms with van der Waals surface area (Å²) in [5.41, 5.74) is 2.62. The molecule has 4 heterocycles. The normalized spacial score (nSPS) is 17.1. The van der Waals surface area contributed by atoms with E-state index in [-0.39, 0.29) is 35.0 Å². The van der Waals surface area contributed by atoms with Crippen LogP contribution < -0.4 is 9.64 Å². The molecule has 0 atom stereocenters. The predicted octanol–water partition coefficient (Wildman–Crippen LogP) is 4.24. The zero-order valence-electron chi connectivity index (χ0n) is 28.1. The Kier molecular flexibility index (Phi) is 11.4. The van der Waals surface area contributed by atoms with Gasteiger partial charge in [-0.3, -0.25) is 9.69 Å². The highest BCUT2D eigenvalue weighted by Crippen LogP contribution is 2.36. The van der Waals surface area contributed by atoms with Crippen molar-refractivity contribution in [2.24, 2.45) is 0 Å². The van der Waals surface area contributed by atoms with Crippen LogP contribution in [0, 0.1) is 13.8 Å². The first kappa shape index (κ1) is 37.0. The number of ether oxygens (including phenoxy) is 1. The summed E-state index contributed by atoms with van der Waals surface area (Å²) >= 11 is 0. The van der Waals surface area contributed by atoms with Gasteiger partial charge in [-0.05, 0) is 74.4 Å². The summed E-state index contributed by atoms with van der Waals surface area (Å²) in [5.74, 6) is -1.08. The number of hydrogen-bond donors (Lipinski definition) is 1. The summed E-state index contributed by atoms with van der Waals surface area (Å²) < 4.78 is 71.8. The standard InChI is InChI=1S/C31H40N6O5S.C2HF3O2/c1-22-16-26(41-3)17-23(2)30(22)43(39,40)37(25-7-8-25)20-29-33-27(21-42-29)31(38)36-14-12-34(13-15-36)19-24-6-9-28(32-18-24)35-10-4-5-11-35;3-2(4,5)1(6)7/h6,9,16-18,21,25H,4-5,7-8,10-15,19-20H2,1-3H3;(H,6,7). The SMILES string of the molecule is COc1cc(C)c(S(=O)(=O)N(Cc2nc(C(=O)N3CCN(Cc4ccc(N5CCCC5)nc4)CC3)co2)C2CC2)c(C)c1.O=C(O)C(F)(F)F. The first-order valence-electron chi connectivity index (χ1n) is 16.3. The maximum absolute atomic E-state index is 13.8. The van der Waals surface area contributed by atoms with Crippen LogP contribution in [-0.2, 0) is 27.9 Å². The molecule has 2 saturated heterocycles. The third-order valence-electron chi connectivity index (χ3n) is 8.80. The van der Waals surface area contributed by atoms with E-state index in [0.29, 0.717) is 30.0 Å². The number of aromatic nitrogens is 2. The van der Waals surface area contributed by atoms with Crippen molar-refractivity contribution in [1.82, 2.24) is 24.1 Å². The third kappa shape index (κ3) is 8.92. The third-order valence-corrected chi connectivity index (χ3v) is 11.0. The predicted molar refractivity (Wildman–Crippen MR) is 175 cm³/mol. The molecule has 6 rings (SSSR count). The summed E-state index contributed by atoms with van der Waals surface area (Å²) in [7, 11) is -2.26. The number of nitrogens with zero attached hydrogens (tertiary/aromatic N) is 6. The van der Waals surface area contributed by atoms with Gasteiger partial charge in [0.2, 0.25) is 15.9 Å². The number of oxazole rings is 1. The lowest BCUT2D eigenvalue weighted by atomic mass is 10.1. The fourth-order valence-electron chi connectivity index (χ4n) is 6.11. The van der Waals surface area contributed by atoms with Crippen LogP contribution in [0.4, 0.5) is 19.0 Å². The highest BCUT2D eigenvalue weighted by Gasteiger charge is 2.41. The van der Waals surface area contributed by atoms with Gasteiger partial charge in [0.25, 0.3) is 5.91 Å². The number of carbonyl (C=O) groups is 2. The van der Waals surface area contributed by atoms with Crippen molar-refractivity contribution in [1.29, 1.82) is 0 Å². The molecule has 2 aliphatic heterocycles. The molecule has 1 aliphatic carbocycles. The summed E-state index contributed by atoms with van der Waals surface area (Å²) in [6.45, 7) is 9.14. The van der Waals surface area contributed by atoms with E-state index in [1.165, 1.54) is 29.0 Å². The molecule has 0 bridgehead atoms. The Labute approximate surface area is 288 Å². The Morgan fingerprint density at radius 2 is 1.66 bits per heavy atom. The molecule has 3 fully saturated rings. The molecule has 0 radical (unpaired) electrons. The van der Waals surface area contributed by atoms with Crippen molar-refractivity contribution in [3.63, 3.8) is 0 Å². The summed E-state index contributed by atoms with van der Waals surface area (Å²) in [6.07, 6.45) is 2.25. The molecule has 272 valence electrons. The van der Waals surface area contributed by atoms with Gasteiger partial charge in [0.15, 0.2) is 5.69 Å². The average Bonchev–Trinajstić information content (AvgIpc) is 3.53. The second kappa shape index (κ2) is 15.3. The Bertz CT molecular complexity index is 1740. The van der Waals surface area contributed by atoms with Crippen molar-refractivity contribution < 1.29 is 45.4 Å². The molecule has 1 saturated carbocycles. The molecule has 1 amide bonds. The maximum Gasteiger partial charge on any atom is 0.490 e. The van der Waals surface area contributed by atoms with Gasteiger partial charge in [0, 0.05) is 58.1 Å². The smallest absolute Gasteiger partial charge is 0.490 e. The Hall–Kier alpha value is -4.22. The second-order valence-electron chi connectivity index (χ2n) is 12.6. The number of rotatable bonds is 10. The van der Waals surface area contributed by atoms with Gasteiger partial charge in [0.05, 0.1) is 18.6 Å². The van der Waals surface area contributed by atoms with Crippen molar-refractivity contribution in [3.05, 3.63) is 65.0 Å². The van der Waals surface area contributed by atoms with E-state index in [4.69, 9.17) is 19.1 Å². The fourth-order valence-corrected chi connectivity index (χ4v) is 8.16. The molecular formula is C33H41F3N6O7S. The fraction of sp³-hybridized carbons (Fsp3) is 0.515. The minimum atomic E-state index is -5.08. The number of aryl methyl sites for hydroxylation is 2. The summed E-state index contributed by atoms with van der Waals surface area (Å²) in [6, 6.07) is 7.61. The van der Waals surface area contributed by atoms with E-state index in [1.807, 2.05) is 6.20 Å². The summed E-state index contributed by atoms with van der Waals surface area (Å²) in [4.78, 5) is 38.0. The number of amides is 1. The zero-order valence-corrected chi connectivity index (χ0v) is 29.0. The lowest BCUT2D eigenvalue weighted by molar-refractivity contribution is -0.192. The van der Waals surface area contributed by atoms with Crippen LogP contribution in [-0.4, -0.2) is 108 Å². The number of piperazine rings is 1. The highest BCUT2D eigenvalue weighted by molar-refractivity contribution is 7.89.